The summed E-state index contributed by atoms with van der Waals surface area (Å²) < 4.78 is 23.0. The average molecular weight is 292 g/mol. The van der Waals surface area contributed by atoms with Gasteiger partial charge in [-0.1, -0.05) is 24.0 Å². The predicted molar refractivity (Wildman–Crippen MR) is 80.9 cm³/mol. The van der Waals surface area contributed by atoms with Crippen molar-refractivity contribution in [1.29, 1.82) is 0 Å². The van der Waals surface area contributed by atoms with Gasteiger partial charge < -0.3 is 5.73 Å². The largest absolute Gasteiger partial charge is 0.320 e. The molecule has 5 heteroatoms. The Kier molecular flexibility index (Phi) is 4.81. The van der Waals surface area contributed by atoms with E-state index in [-0.39, 0.29) is 11.8 Å². The van der Waals surface area contributed by atoms with Crippen LogP contribution >= 0.6 is 0 Å². The maximum absolute atomic E-state index is 11.5. The highest BCUT2D eigenvalue weighted by atomic mass is 32.2. The first kappa shape index (κ1) is 15.0. The first-order valence-electron chi connectivity index (χ1n) is 6.69. The lowest BCUT2D eigenvalue weighted by molar-refractivity contribution is 0.254. The Morgan fingerprint density at radius 1 is 1.35 bits per heavy atom. The second-order valence-electron chi connectivity index (χ2n) is 5.17. The quantitative estimate of drug-likeness (QED) is 0.829. The maximum Gasteiger partial charge on any atom is 0.151 e. The van der Waals surface area contributed by atoms with Gasteiger partial charge in [0.1, 0.15) is 0 Å². The zero-order valence-corrected chi connectivity index (χ0v) is 12.5. The second kappa shape index (κ2) is 6.40. The molecule has 0 amide bonds. The molecular formula is C15H20N2O2S. The van der Waals surface area contributed by atoms with Crippen molar-refractivity contribution in [2.75, 3.05) is 25.1 Å². The van der Waals surface area contributed by atoms with Crippen molar-refractivity contribution in [1.82, 2.24) is 4.90 Å². The number of nitrogens with two attached hydrogens (primary N) is 1. The van der Waals surface area contributed by atoms with Crippen LogP contribution in [0.4, 0.5) is 0 Å². The number of hydrogen-bond donors (Lipinski definition) is 1. The molecule has 1 unspecified atom stereocenters. The normalized spacial score (nSPS) is 20.6. The van der Waals surface area contributed by atoms with Crippen molar-refractivity contribution in [3.8, 4) is 11.8 Å². The summed E-state index contributed by atoms with van der Waals surface area (Å²) >= 11 is 0. The third-order valence-electron chi connectivity index (χ3n) is 3.55. The van der Waals surface area contributed by atoms with Gasteiger partial charge in [-0.15, -0.1) is 0 Å². The number of hydrogen-bond acceptors (Lipinski definition) is 4. The van der Waals surface area contributed by atoms with Crippen LogP contribution in [0.5, 0.6) is 0 Å². The van der Waals surface area contributed by atoms with E-state index in [4.69, 9.17) is 5.73 Å². The minimum absolute atomic E-state index is 0.136. The smallest absolute Gasteiger partial charge is 0.151 e. The minimum atomic E-state index is -2.82. The SMILES string of the molecule is CN(Cc1ccc(C#CCN)cc1)C1CCS(=O)(=O)C1. The van der Waals surface area contributed by atoms with Gasteiger partial charge in [0.05, 0.1) is 18.1 Å². The Labute approximate surface area is 120 Å². The molecule has 2 N–H and O–H groups in total. The van der Waals surface area contributed by atoms with Gasteiger partial charge >= 0.3 is 0 Å². The molecule has 1 aliphatic rings. The average Bonchev–Trinajstić information content (AvgIpc) is 2.78. The van der Waals surface area contributed by atoms with E-state index in [0.717, 1.165) is 24.1 Å². The van der Waals surface area contributed by atoms with E-state index >= 15 is 0 Å². The molecule has 1 aliphatic heterocycles. The van der Waals surface area contributed by atoms with Crippen LogP contribution in [0, 0.1) is 11.8 Å². The Balaban J connectivity index is 1.96. The van der Waals surface area contributed by atoms with E-state index in [1.807, 2.05) is 31.3 Å². The molecule has 1 atom stereocenters. The molecule has 0 aromatic heterocycles. The summed E-state index contributed by atoms with van der Waals surface area (Å²) in [4.78, 5) is 2.12. The van der Waals surface area contributed by atoms with Crippen molar-refractivity contribution in [3.63, 3.8) is 0 Å². The van der Waals surface area contributed by atoms with Crippen LogP contribution in [-0.4, -0.2) is 44.5 Å². The molecule has 1 fully saturated rings. The minimum Gasteiger partial charge on any atom is -0.320 e. The monoisotopic (exact) mass is 292 g/mol. The molecule has 0 aliphatic carbocycles. The Morgan fingerprint density at radius 2 is 2.05 bits per heavy atom. The lowest BCUT2D eigenvalue weighted by Gasteiger charge is -2.23. The van der Waals surface area contributed by atoms with Gasteiger partial charge in [-0.05, 0) is 31.2 Å². The van der Waals surface area contributed by atoms with Crippen LogP contribution in [0.2, 0.25) is 0 Å². The standard InChI is InChI=1S/C15H20N2O2S/c1-17(15-8-10-20(18,19)12-15)11-14-6-4-13(5-7-14)3-2-9-16/h4-7,15H,8-12,16H2,1H3. The Morgan fingerprint density at radius 3 is 2.60 bits per heavy atom. The summed E-state index contributed by atoms with van der Waals surface area (Å²) in [6.45, 7) is 1.12. The van der Waals surface area contributed by atoms with Crippen molar-refractivity contribution in [2.24, 2.45) is 5.73 Å². The molecule has 20 heavy (non-hydrogen) atoms. The molecule has 0 radical (unpaired) electrons. The molecule has 1 aromatic rings. The van der Waals surface area contributed by atoms with Crippen LogP contribution in [0.3, 0.4) is 0 Å². The predicted octanol–water partition coefficient (Wildman–Crippen LogP) is 0.616. The summed E-state index contributed by atoms with van der Waals surface area (Å²) in [5.41, 5.74) is 7.45. The fraction of sp³-hybridized carbons (Fsp3) is 0.467. The van der Waals surface area contributed by atoms with Crippen LogP contribution in [-0.2, 0) is 16.4 Å². The zero-order valence-electron chi connectivity index (χ0n) is 11.7. The molecule has 1 saturated heterocycles. The van der Waals surface area contributed by atoms with Gasteiger partial charge in [-0.3, -0.25) is 4.90 Å². The van der Waals surface area contributed by atoms with Gasteiger partial charge in [0.15, 0.2) is 9.84 Å². The third kappa shape index (κ3) is 4.07. The van der Waals surface area contributed by atoms with Crippen molar-refractivity contribution in [3.05, 3.63) is 35.4 Å². The Hall–Kier alpha value is -1.35. The van der Waals surface area contributed by atoms with Gasteiger partial charge in [-0.2, -0.15) is 0 Å². The van der Waals surface area contributed by atoms with E-state index in [0.29, 0.717) is 12.3 Å². The number of benzene rings is 1. The molecule has 1 aromatic carbocycles. The topological polar surface area (TPSA) is 63.4 Å². The van der Waals surface area contributed by atoms with Crippen molar-refractivity contribution >= 4 is 9.84 Å². The number of rotatable bonds is 3. The molecule has 4 nitrogen and oxygen atoms in total. The van der Waals surface area contributed by atoms with E-state index in [9.17, 15) is 8.42 Å². The molecular weight excluding hydrogens is 272 g/mol. The number of sulfone groups is 1. The first-order chi connectivity index (χ1) is 9.50. The van der Waals surface area contributed by atoms with Crippen LogP contribution < -0.4 is 5.73 Å². The molecule has 2 rings (SSSR count). The molecule has 0 saturated carbocycles. The van der Waals surface area contributed by atoms with E-state index < -0.39 is 9.84 Å². The summed E-state index contributed by atoms with van der Waals surface area (Å²) in [7, 11) is -0.842. The molecule has 1 heterocycles. The lowest BCUT2D eigenvalue weighted by Crippen LogP contribution is -2.32. The summed E-state index contributed by atoms with van der Waals surface area (Å²) in [6, 6.07) is 8.13. The molecule has 0 bridgehead atoms. The van der Waals surface area contributed by atoms with Gasteiger partial charge in [0.25, 0.3) is 0 Å². The second-order valence-corrected chi connectivity index (χ2v) is 7.40. The van der Waals surface area contributed by atoms with Gasteiger partial charge in [-0.25, -0.2) is 8.42 Å². The van der Waals surface area contributed by atoms with Gasteiger partial charge in [0.2, 0.25) is 0 Å². The summed E-state index contributed by atoms with van der Waals surface area (Å²) in [5.74, 6) is 6.40. The van der Waals surface area contributed by atoms with E-state index in [1.54, 1.807) is 0 Å². The lowest BCUT2D eigenvalue weighted by atomic mass is 10.1. The highest BCUT2D eigenvalue weighted by molar-refractivity contribution is 7.91. The van der Waals surface area contributed by atoms with Gasteiger partial charge in [0, 0.05) is 18.2 Å². The molecule has 0 spiro atoms. The highest BCUT2D eigenvalue weighted by Crippen LogP contribution is 2.18. The number of nitrogens with zero attached hydrogens (tertiary/aromatic N) is 1. The first-order valence-corrected chi connectivity index (χ1v) is 8.51. The van der Waals surface area contributed by atoms with Crippen LogP contribution in [0.15, 0.2) is 24.3 Å². The fourth-order valence-electron chi connectivity index (χ4n) is 2.39. The summed E-state index contributed by atoms with van der Waals surface area (Å²) in [5, 5.41) is 0. The summed E-state index contributed by atoms with van der Waals surface area (Å²) in [6.07, 6.45) is 0.735. The third-order valence-corrected chi connectivity index (χ3v) is 5.30. The van der Waals surface area contributed by atoms with Crippen molar-refractivity contribution in [2.45, 2.75) is 19.0 Å². The van der Waals surface area contributed by atoms with E-state index in [2.05, 4.69) is 16.7 Å². The van der Waals surface area contributed by atoms with Crippen LogP contribution in [0.1, 0.15) is 17.5 Å². The maximum atomic E-state index is 11.5. The Bertz CT molecular complexity index is 612. The van der Waals surface area contributed by atoms with E-state index in [1.165, 1.54) is 0 Å². The van der Waals surface area contributed by atoms with Crippen LogP contribution in [0.25, 0.3) is 0 Å². The molecule has 108 valence electrons. The zero-order chi connectivity index (χ0) is 14.6. The van der Waals surface area contributed by atoms with Crippen molar-refractivity contribution < 1.29 is 8.42 Å². The fourth-order valence-corrected chi connectivity index (χ4v) is 4.19. The highest BCUT2D eigenvalue weighted by Gasteiger charge is 2.30.